The van der Waals surface area contributed by atoms with Gasteiger partial charge in [-0.2, -0.15) is 0 Å². The van der Waals surface area contributed by atoms with Crippen LogP contribution in [0.5, 0.6) is 0 Å². The van der Waals surface area contributed by atoms with E-state index in [4.69, 9.17) is 15.2 Å². The Balaban J connectivity index is 2.77. The summed E-state index contributed by atoms with van der Waals surface area (Å²) in [4.78, 5) is 6.74. The Morgan fingerprint density at radius 1 is 1.35 bits per heavy atom. The highest BCUT2D eigenvalue weighted by atomic mass is 16.7. The molecule has 0 bridgehead atoms. The van der Waals surface area contributed by atoms with Gasteiger partial charge in [-0.3, -0.25) is 9.88 Å². The molecule has 0 amide bonds. The van der Waals surface area contributed by atoms with E-state index in [0.29, 0.717) is 13.0 Å². The number of hydrogen-bond acceptors (Lipinski definition) is 5. The van der Waals surface area contributed by atoms with E-state index < -0.39 is 0 Å². The van der Waals surface area contributed by atoms with Gasteiger partial charge in [0.1, 0.15) is 0 Å². The first-order chi connectivity index (χ1) is 9.45. The number of aromatic nitrogens is 1. The maximum Gasteiger partial charge on any atom is 0.158 e. The van der Waals surface area contributed by atoms with Crippen molar-refractivity contribution in [1.82, 2.24) is 9.88 Å². The second kappa shape index (κ2) is 7.69. The van der Waals surface area contributed by atoms with Crippen LogP contribution in [0.15, 0.2) is 18.2 Å². The number of ether oxygens (including phenoxy) is 2. The summed E-state index contributed by atoms with van der Waals surface area (Å²) in [7, 11) is 5.35. The molecule has 0 aliphatic rings. The molecular formula is C15H27N3O2. The summed E-state index contributed by atoms with van der Waals surface area (Å²) in [5.74, 6) is 0. The number of methoxy groups -OCH3 is 2. The van der Waals surface area contributed by atoms with Crippen LogP contribution < -0.4 is 5.73 Å². The number of likely N-dealkylation sites (N-methyl/N-ethyl adjacent to an activating group) is 1. The zero-order valence-corrected chi connectivity index (χ0v) is 13.2. The molecule has 0 aromatic carbocycles. The van der Waals surface area contributed by atoms with Crippen molar-refractivity contribution in [2.75, 3.05) is 27.8 Å². The summed E-state index contributed by atoms with van der Waals surface area (Å²) < 4.78 is 10.6. The van der Waals surface area contributed by atoms with Crippen molar-refractivity contribution in [2.45, 2.75) is 38.6 Å². The minimum absolute atomic E-state index is 0.206. The third kappa shape index (κ3) is 4.52. The summed E-state index contributed by atoms with van der Waals surface area (Å²) >= 11 is 0. The van der Waals surface area contributed by atoms with E-state index in [0.717, 1.165) is 17.9 Å². The highest BCUT2D eigenvalue weighted by Crippen LogP contribution is 2.22. The molecule has 0 aliphatic heterocycles. The Morgan fingerprint density at radius 3 is 2.50 bits per heavy atom. The van der Waals surface area contributed by atoms with E-state index in [2.05, 4.69) is 23.9 Å². The van der Waals surface area contributed by atoms with Crippen LogP contribution in [0, 0.1) is 6.92 Å². The molecule has 1 rings (SSSR count). The lowest BCUT2D eigenvalue weighted by Gasteiger charge is -2.39. The number of aryl methyl sites for hydroxylation is 1. The van der Waals surface area contributed by atoms with Crippen LogP contribution in [0.2, 0.25) is 0 Å². The number of rotatable bonds is 8. The molecule has 2 N–H and O–H groups in total. The summed E-state index contributed by atoms with van der Waals surface area (Å²) in [6, 6.07) is 6.06. The quantitative estimate of drug-likeness (QED) is 0.733. The third-order valence-corrected chi connectivity index (χ3v) is 3.84. The first-order valence-electron chi connectivity index (χ1n) is 6.84. The van der Waals surface area contributed by atoms with E-state index >= 15 is 0 Å². The Labute approximate surface area is 122 Å². The van der Waals surface area contributed by atoms with Crippen LogP contribution in [0.25, 0.3) is 0 Å². The highest BCUT2D eigenvalue weighted by molar-refractivity contribution is 5.10. The zero-order valence-electron chi connectivity index (χ0n) is 13.2. The SMILES string of the molecule is COC(CC(C)(CN)N(C)Cc1cccc(C)n1)OC. The molecule has 1 atom stereocenters. The molecule has 0 spiro atoms. The summed E-state index contributed by atoms with van der Waals surface area (Å²) in [5, 5.41) is 0. The molecule has 1 heterocycles. The van der Waals surface area contributed by atoms with E-state index in [1.807, 2.05) is 25.1 Å². The number of nitrogens with two attached hydrogens (primary N) is 1. The molecule has 0 aliphatic carbocycles. The van der Waals surface area contributed by atoms with Gasteiger partial charge in [0.2, 0.25) is 0 Å². The van der Waals surface area contributed by atoms with E-state index in [1.54, 1.807) is 14.2 Å². The van der Waals surface area contributed by atoms with Gasteiger partial charge in [0.05, 0.1) is 5.69 Å². The van der Waals surface area contributed by atoms with E-state index in [1.165, 1.54) is 0 Å². The Hall–Kier alpha value is -1.01. The minimum Gasteiger partial charge on any atom is -0.356 e. The highest BCUT2D eigenvalue weighted by Gasteiger charge is 2.31. The average Bonchev–Trinajstić information content (AvgIpc) is 2.44. The first kappa shape index (κ1) is 17.0. The number of pyridine rings is 1. The van der Waals surface area contributed by atoms with Crippen LogP contribution in [-0.4, -0.2) is 49.5 Å². The van der Waals surface area contributed by atoms with Gasteiger partial charge in [0.25, 0.3) is 0 Å². The maximum atomic E-state index is 5.98. The molecule has 1 aromatic heterocycles. The van der Waals surface area contributed by atoms with Gasteiger partial charge in [-0.1, -0.05) is 6.07 Å². The van der Waals surface area contributed by atoms with Gasteiger partial charge in [-0.15, -0.1) is 0 Å². The lowest BCUT2D eigenvalue weighted by molar-refractivity contribution is -0.127. The second-order valence-electron chi connectivity index (χ2n) is 5.43. The van der Waals surface area contributed by atoms with Gasteiger partial charge in [0.15, 0.2) is 6.29 Å². The fourth-order valence-electron chi connectivity index (χ4n) is 2.14. The molecule has 0 radical (unpaired) electrons. The van der Waals surface area contributed by atoms with Crippen LogP contribution in [0.1, 0.15) is 24.7 Å². The molecular weight excluding hydrogens is 254 g/mol. The molecule has 114 valence electrons. The first-order valence-corrected chi connectivity index (χ1v) is 6.84. The zero-order chi connectivity index (χ0) is 15.2. The summed E-state index contributed by atoms with van der Waals surface area (Å²) in [5.41, 5.74) is 7.84. The maximum absolute atomic E-state index is 5.98. The fraction of sp³-hybridized carbons (Fsp3) is 0.667. The van der Waals surface area contributed by atoms with Crippen molar-refractivity contribution >= 4 is 0 Å². The lowest BCUT2D eigenvalue weighted by atomic mass is 9.95. The lowest BCUT2D eigenvalue weighted by Crippen LogP contribution is -2.51. The van der Waals surface area contributed by atoms with Crippen LogP contribution in [-0.2, 0) is 16.0 Å². The van der Waals surface area contributed by atoms with Crippen molar-refractivity contribution in [3.63, 3.8) is 0 Å². The molecule has 0 saturated carbocycles. The fourth-order valence-corrected chi connectivity index (χ4v) is 2.14. The Kier molecular flexibility index (Phi) is 6.55. The third-order valence-electron chi connectivity index (χ3n) is 3.84. The average molecular weight is 281 g/mol. The molecule has 0 saturated heterocycles. The number of nitrogens with zero attached hydrogens (tertiary/aromatic N) is 2. The normalized spacial score (nSPS) is 14.8. The molecule has 20 heavy (non-hydrogen) atoms. The van der Waals surface area contributed by atoms with Crippen molar-refractivity contribution in [2.24, 2.45) is 5.73 Å². The largest absolute Gasteiger partial charge is 0.356 e. The van der Waals surface area contributed by atoms with Crippen LogP contribution in [0.4, 0.5) is 0 Å². The molecule has 0 fully saturated rings. The van der Waals surface area contributed by atoms with Gasteiger partial charge in [-0.25, -0.2) is 0 Å². The van der Waals surface area contributed by atoms with Crippen molar-refractivity contribution in [3.05, 3.63) is 29.6 Å². The monoisotopic (exact) mass is 281 g/mol. The molecule has 5 heteroatoms. The van der Waals surface area contributed by atoms with Gasteiger partial charge < -0.3 is 15.2 Å². The standard InChI is InChI=1S/C15H27N3O2/c1-12-7-6-8-13(17-12)10-18(3)15(2,11-16)9-14(19-4)20-5/h6-8,14H,9-11,16H2,1-5H3. The van der Waals surface area contributed by atoms with Crippen molar-refractivity contribution < 1.29 is 9.47 Å². The predicted octanol–water partition coefficient (Wildman–Crippen LogP) is 1.55. The second-order valence-corrected chi connectivity index (χ2v) is 5.43. The van der Waals surface area contributed by atoms with Crippen molar-refractivity contribution in [1.29, 1.82) is 0 Å². The molecule has 1 aromatic rings. The van der Waals surface area contributed by atoms with E-state index in [9.17, 15) is 0 Å². The molecule has 1 unspecified atom stereocenters. The topological polar surface area (TPSA) is 60.6 Å². The minimum atomic E-state index is -0.253. The van der Waals surface area contributed by atoms with Gasteiger partial charge in [0, 0.05) is 45.0 Å². The Morgan fingerprint density at radius 2 is 2.00 bits per heavy atom. The molecule has 5 nitrogen and oxygen atoms in total. The number of hydrogen-bond donors (Lipinski definition) is 1. The van der Waals surface area contributed by atoms with Gasteiger partial charge >= 0.3 is 0 Å². The Bertz CT molecular complexity index is 410. The van der Waals surface area contributed by atoms with Crippen molar-refractivity contribution in [3.8, 4) is 0 Å². The van der Waals surface area contributed by atoms with Gasteiger partial charge in [-0.05, 0) is 33.0 Å². The summed E-state index contributed by atoms with van der Waals surface area (Å²) in [6.07, 6.45) is 0.454. The predicted molar refractivity (Wildman–Crippen MR) is 80.3 cm³/mol. The summed E-state index contributed by atoms with van der Waals surface area (Å²) in [6.45, 7) is 5.39. The van der Waals surface area contributed by atoms with Crippen LogP contribution >= 0.6 is 0 Å². The van der Waals surface area contributed by atoms with Crippen LogP contribution in [0.3, 0.4) is 0 Å². The smallest absolute Gasteiger partial charge is 0.158 e. The van der Waals surface area contributed by atoms with E-state index in [-0.39, 0.29) is 11.8 Å².